The second-order valence-corrected chi connectivity index (χ2v) is 7.36. The number of carbonyl (C=O) groups is 2. The van der Waals surface area contributed by atoms with Crippen molar-refractivity contribution in [3.63, 3.8) is 0 Å². The molecule has 2 heterocycles. The number of amides is 2. The number of hydrogen-bond acceptors (Lipinski definition) is 4. The Hall–Kier alpha value is -2.54. The minimum absolute atomic E-state index is 0.00231. The van der Waals surface area contributed by atoms with Crippen molar-refractivity contribution in [1.82, 2.24) is 15.8 Å². The minimum atomic E-state index is -0.0255. The molecule has 3 N–H and O–H groups in total. The number of ether oxygens (including phenoxy) is 1. The van der Waals surface area contributed by atoms with Gasteiger partial charge in [0.05, 0.1) is 39.0 Å². The standard InChI is InChI=1S/C21H30N4O3/c1-3-24-13-4-5-17(24)15-22-20(26)12-14-25-21(27)11-10-19(23-25)16-6-8-18(28-2)9-7-16/h6-10,17,23H,3-5,11-15H2,1-2H3,(H,22,26)/p+1. The van der Waals surface area contributed by atoms with Gasteiger partial charge in [0, 0.05) is 25.7 Å². The Labute approximate surface area is 166 Å². The number of carbonyl (C=O) groups excluding carboxylic acids is 2. The highest BCUT2D eigenvalue weighted by molar-refractivity contribution is 5.84. The predicted molar refractivity (Wildman–Crippen MR) is 107 cm³/mol. The minimum Gasteiger partial charge on any atom is -0.497 e. The summed E-state index contributed by atoms with van der Waals surface area (Å²) in [6.07, 6.45) is 4.90. The van der Waals surface area contributed by atoms with Crippen LogP contribution >= 0.6 is 0 Å². The summed E-state index contributed by atoms with van der Waals surface area (Å²) < 4.78 is 5.18. The molecule has 2 unspecified atom stereocenters. The Kier molecular flexibility index (Phi) is 6.92. The van der Waals surface area contributed by atoms with Crippen LogP contribution in [-0.2, 0) is 9.59 Å². The fourth-order valence-corrected chi connectivity index (χ4v) is 3.92. The summed E-state index contributed by atoms with van der Waals surface area (Å²) in [6.45, 7) is 5.57. The molecule has 0 aromatic heterocycles. The van der Waals surface area contributed by atoms with Gasteiger partial charge in [-0.15, -0.1) is 0 Å². The van der Waals surface area contributed by atoms with Crippen molar-refractivity contribution in [1.29, 1.82) is 0 Å². The molecule has 2 amide bonds. The third-order valence-electron chi connectivity index (χ3n) is 5.63. The number of nitrogens with zero attached hydrogens (tertiary/aromatic N) is 1. The van der Waals surface area contributed by atoms with E-state index >= 15 is 0 Å². The van der Waals surface area contributed by atoms with E-state index in [2.05, 4.69) is 17.7 Å². The maximum Gasteiger partial charge on any atom is 0.244 e. The van der Waals surface area contributed by atoms with Crippen LogP contribution < -0.4 is 20.4 Å². The molecule has 152 valence electrons. The lowest BCUT2D eigenvalue weighted by atomic mass is 10.1. The van der Waals surface area contributed by atoms with Crippen LogP contribution in [0.1, 0.15) is 38.2 Å². The van der Waals surface area contributed by atoms with E-state index < -0.39 is 0 Å². The second kappa shape index (κ2) is 9.59. The molecule has 28 heavy (non-hydrogen) atoms. The van der Waals surface area contributed by atoms with E-state index in [1.165, 1.54) is 24.4 Å². The van der Waals surface area contributed by atoms with Gasteiger partial charge in [-0.2, -0.15) is 0 Å². The van der Waals surface area contributed by atoms with Crippen molar-refractivity contribution in [2.75, 3.05) is 33.3 Å². The van der Waals surface area contributed by atoms with Crippen molar-refractivity contribution in [3.8, 4) is 5.75 Å². The first-order valence-electron chi connectivity index (χ1n) is 10.1. The Morgan fingerprint density at radius 2 is 2.14 bits per heavy atom. The van der Waals surface area contributed by atoms with Gasteiger partial charge in [-0.25, -0.2) is 0 Å². The number of rotatable bonds is 8. The molecular formula is C21H31N4O3+. The van der Waals surface area contributed by atoms with Crippen molar-refractivity contribution in [2.24, 2.45) is 0 Å². The number of methoxy groups -OCH3 is 1. The summed E-state index contributed by atoms with van der Waals surface area (Å²) in [6, 6.07) is 8.19. The van der Waals surface area contributed by atoms with Gasteiger partial charge in [0.2, 0.25) is 11.8 Å². The molecule has 1 aromatic rings. The number of quaternary nitrogens is 1. The Balaban J connectivity index is 1.47. The van der Waals surface area contributed by atoms with Gasteiger partial charge < -0.3 is 15.0 Å². The van der Waals surface area contributed by atoms with Crippen LogP contribution in [0.15, 0.2) is 30.3 Å². The van der Waals surface area contributed by atoms with E-state index in [0.29, 0.717) is 25.4 Å². The summed E-state index contributed by atoms with van der Waals surface area (Å²) in [5, 5.41) is 4.58. The highest BCUT2D eigenvalue weighted by atomic mass is 16.5. The van der Waals surface area contributed by atoms with E-state index in [-0.39, 0.29) is 11.8 Å². The van der Waals surface area contributed by atoms with Crippen LogP contribution in [0.5, 0.6) is 5.75 Å². The van der Waals surface area contributed by atoms with Gasteiger partial charge in [0.25, 0.3) is 0 Å². The number of likely N-dealkylation sites (tertiary alicyclic amines) is 1. The number of nitrogens with one attached hydrogen (secondary N) is 3. The van der Waals surface area contributed by atoms with Gasteiger partial charge in [-0.05, 0) is 42.8 Å². The summed E-state index contributed by atoms with van der Waals surface area (Å²) in [5.74, 6) is 0.760. The van der Waals surface area contributed by atoms with Crippen molar-refractivity contribution in [3.05, 3.63) is 35.9 Å². The third kappa shape index (κ3) is 5.04. The summed E-state index contributed by atoms with van der Waals surface area (Å²) in [5.41, 5.74) is 5.00. The van der Waals surface area contributed by atoms with Crippen LogP contribution in [0, 0.1) is 0 Å². The van der Waals surface area contributed by atoms with Crippen LogP contribution in [-0.4, -0.2) is 56.2 Å². The lowest BCUT2D eigenvalue weighted by molar-refractivity contribution is -0.909. The Bertz CT molecular complexity index is 717. The van der Waals surface area contributed by atoms with Gasteiger partial charge in [0.1, 0.15) is 11.8 Å². The summed E-state index contributed by atoms with van der Waals surface area (Å²) >= 11 is 0. The van der Waals surface area contributed by atoms with E-state index in [1.54, 1.807) is 12.0 Å². The van der Waals surface area contributed by atoms with Gasteiger partial charge in [-0.1, -0.05) is 0 Å². The first kappa shape index (κ1) is 20.2. The van der Waals surface area contributed by atoms with Crippen molar-refractivity contribution < 1.29 is 19.2 Å². The van der Waals surface area contributed by atoms with Gasteiger partial charge >= 0.3 is 0 Å². The molecule has 0 radical (unpaired) electrons. The molecule has 7 heteroatoms. The van der Waals surface area contributed by atoms with Gasteiger partial charge in [-0.3, -0.25) is 20.0 Å². The van der Waals surface area contributed by atoms with Crippen LogP contribution in [0.4, 0.5) is 0 Å². The molecule has 0 aliphatic carbocycles. The molecule has 3 rings (SSSR count). The Morgan fingerprint density at radius 3 is 2.86 bits per heavy atom. The van der Waals surface area contributed by atoms with E-state index in [1.807, 2.05) is 30.3 Å². The van der Waals surface area contributed by atoms with Crippen LogP contribution in [0.25, 0.3) is 5.70 Å². The second-order valence-electron chi connectivity index (χ2n) is 7.36. The molecule has 0 saturated carbocycles. The monoisotopic (exact) mass is 387 g/mol. The van der Waals surface area contributed by atoms with Crippen LogP contribution in [0.2, 0.25) is 0 Å². The molecule has 1 fully saturated rings. The van der Waals surface area contributed by atoms with Crippen LogP contribution in [0.3, 0.4) is 0 Å². The first-order chi connectivity index (χ1) is 13.6. The fraction of sp³-hybridized carbons (Fsp3) is 0.524. The first-order valence-corrected chi connectivity index (χ1v) is 10.1. The maximum atomic E-state index is 12.3. The SMILES string of the molecule is CC[NH+]1CCCC1CNC(=O)CCN1NC(c2ccc(OC)cc2)=CCC1=O. The number of benzene rings is 1. The highest BCUT2D eigenvalue weighted by Gasteiger charge is 2.27. The molecule has 2 atom stereocenters. The smallest absolute Gasteiger partial charge is 0.244 e. The van der Waals surface area contributed by atoms with Crippen molar-refractivity contribution in [2.45, 2.75) is 38.6 Å². The molecule has 0 spiro atoms. The maximum absolute atomic E-state index is 12.3. The topological polar surface area (TPSA) is 75.1 Å². The zero-order valence-electron chi connectivity index (χ0n) is 16.8. The number of hydrazine groups is 1. The predicted octanol–water partition coefficient (Wildman–Crippen LogP) is 0.347. The fourth-order valence-electron chi connectivity index (χ4n) is 3.92. The van der Waals surface area contributed by atoms with E-state index in [0.717, 1.165) is 30.1 Å². The average molecular weight is 388 g/mol. The Morgan fingerprint density at radius 1 is 1.36 bits per heavy atom. The normalized spacial score (nSPS) is 21.9. The van der Waals surface area contributed by atoms with E-state index in [9.17, 15) is 9.59 Å². The van der Waals surface area contributed by atoms with Gasteiger partial charge in [0.15, 0.2) is 0 Å². The third-order valence-corrected chi connectivity index (χ3v) is 5.63. The summed E-state index contributed by atoms with van der Waals surface area (Å²) in [7, 11) is 1.63. The lowest BCUT2D eigenvalue weighted by Gasteiger charge is -2.29. The summed E-state index contributed by atoms with van der Waals surface area (Å²) in [4.78, 5) is 26.0. The number of hydrogen-bond donors (Lipinski definition) is 3. The molecular weight excluding hydrogens is 356 g/mol. The van der Waals surface area contributed by atoms with Crippen molar-refractivity contribution >= 4 is 17.5 Å². The number of likely N-dealkylation sites (N-methyl/N-ethyl adjacent to an activating group) is 1. The molecule has 2 aliphatic heterocycles. The lowest BCUT2D eigenvalue weighted by Crippen LogP contribution is -3.14. The molecule has 0 bridgehead atoms. The molecule has 2 aliphatic rings. The quantitative estimate of drug-likeness (QED) is 0.602. The zero-order chi connectivity index (χ0) is 19.9. The molecule has 7 nitrogen and oxygen atoms in total. The average Bonchev–Trinajstić information content (AvgIpc) is 3.19. The zero-order valence-corrected chi connectivity index (χ0v) is 16.8. The highest BCUT2D eigenvalue weighted by Crippen LogP contribution is 2.20. The molecule has 1 aromatic carbocycles. The largest absolute Gasteiger partial charge is 0.497 e. The molecule has 1 saturated heterocycles. The van der Waals surface area contributed by atoms with E-state index in [4.69, 9.17) is 4.74 Å².